The van der Waals surface area contributed by atoms with Gasteiger partial charge < -0.3 is 5.11 Å². The molecule has 3 aromatic carbocycles. The molecule has 0 atom stereocenters. The molecule has 0 heterocycles. The van der Waals surface area contributed by atoms with Crippen molar-refractivity contribution < 1.29 is 9.90 Å². The van der Waals surface area contributed by atoms with Crippen LogP contribution < -0.4 is 5.43 Å². The molecule has 4 rings (SSSR count). The number of carbonyl (C=O) groups excluding carboxylic acids is 1. The summed E-state index contributed by atoms with van der Waals surface area (Å²) in [5, 5.41) is 13.7. The minimum absolute atomic E-state index is 0.122. The minimum Gasteiger partial charge on any atom is -0.508 e. The smallest absolute Gasteiger partial charge is 0.271 e. The minimum atomic E-state index is -0.315. The molecule has 0 spiro atoms. The number of hydrogen-bond donors (Lipinski definition) is 2. The molecular formula is C20H14N2O2. The van der Waals surface area contributed by atoms with E-state index in [1.54, 1.807) is 12.1 Å². The van der Waals surface area contributed by atoms with Crippen LogP contribution in [0.5, 0.6) is 5.75 Å². The van der Waals surface area contributed by atoms with Gasteiger partial charge in [0, 0.05) is 16.7 Å². The Morgan fingerprint density at radius 1 is 0.750 bits per heavy atom. The standard InChI is InChI=1S/C20H14N2O2/c23-14-11-9-13(10-12-14)20(24)22-21-19-17-7-3-1-5-15(17)16-6-2-4-8-18(16)19/h1-12,23H,(H,22,24). The fourth-order valence-electron chi connectivity index (χ4n) is 2.90. The van der Waals surface area contributed by atoms with Gasteiger partial charge in [-0.15, -0.1) is 0 Å². The van der Waals surface area contributed by atoms with Gasteiger partial charge in [-0.1, -0.05) is 48.5 Å². The third-order valence-electron chi connectivity index (χ3n) is 4.05. The van der Waals surface area contributed by atoms with Crippen LogP contribution in [-0.2, 0) is 0 Å². The van der Waals surface area contributed by atoms with Gasteiger partial charge in [0.25, 0.3) is 5.91 Å². The molecule has 4 nitrogen and oxygen atoms in total. The molecule has 24 heavy (non-hydrogen) atoms. The second-order valence-corrected chi connectivity index (χ2v) is 5.54. The van der Waals surface area contributed by atoms with Crippen molar-refractivity contribution in [1.82, 2.24) is 5.43 Å². The summed E-state index contributed by atoms with van der Waals surface area (Å²) >= 11 is 0. The van der Waals surface area contributed by atoms with Crippen molar-refractivity contribution in [2.24, 2.45) is 5.10 Å². The van der Waals surface area contributed by atoms with Gasteiger partial charge in [0.05, 0.1) is 5.71 Å². The van der Waals surface area contributed by atoms with Gasteiger partial charge in [-0.25, -0.2) is 5.43 Å². The lowest BCUT2D eigenvalue weighted by Gasteiger charge is -2.04. The Morgan fingerprint density at radius 2 is 1.25 bits per heavy atom. The lowest BCUT2D eigenvalue weighted by Crippen LogP contribution is -2.19. The summed E-state index contributed by atoms with van der Waals surface area (Å²) in [4.78, 5) is 12.2. The molecule has 0 aromatic heterocycles. The number of aromatic hydroxyl groups is 1. The van der Waals surface area contributed by atoms with Gasteiger partial charge in [0.1, 0.15) is 5.75 Å². The Labute approximate surface area is 139 Å². The first-order valence-electron chi connectivity index (χ1n) is 7.60. The van der Waals surface area contributed by atoms with Crippen molar-refractivity contribution in [2.75, 3.05) is 0 Å². The van der Waals surface area contributed by atoms with E-state index in [0.29, 0.717) is 5.56 Å². The highest BCUT2D eigenvalue weighted by molar-refractivity contribution is 6.24. The van der Waals surface area contributed by atoms with E-state index in [1.807, 2.05) is 36.4 Å². The van der Waals surface area contributed by atoms with E-state index in [0.717, 1.165) is 28.0 Å². The monoisotopic (exact) mass is 314 g/mol. The van der Waals surface area contributed by atoms with Crippen LogP contribution in [0.3, 0.4) is 0 Å². The van der Waals surface area contributed by atoms with Crippen LogP contribution in [0.4, 0.5) is 0 Å². The highest BCUT2D eigenvalue weighted by Gasteiger charge is 2.24. The van der Waals surface area contributed by atoms with E-state index in [9.17, 15) is 9.90 Å². The van der Waals surface area contributed by atoms with Crippen LogP contribution in [0, 0.1) is 0 Å². The molecule has 0 radical (unpaired) electrons. The first-order valence-corrected chi connectivity index (χ1v) is 7.60. The van der Waals surface area contributed by atoms with E-state index in [1.165, 1.54) is 12.1 Å². The summed E-state index contributed by atoms with van der Waals surface area (Å²) in [6.07, 6.45) is 0. The predicted octanol–water partition coefficient (Wildman–Crippen LogP) is 3.56. The molecule has 0 fully saturated rings. The number of phenols is 1. The van der Waals surface area contributed by atoms with E-state index >= 15 is 0 Å². The molecule has 0 bridgehead atoms. The maximum atomic E-state index is 12.2. The summed E-state index contributed by atoms with van der Waals surface area (Å²) in [7, 11) is 0. The molecule has 0 unspecified atom stereocenters. The van der Waals surface area contributed by atoms with Crippen LogP contribution in [0.15, 0.2) is 77.9 Å². The van der Waals surface area contributed by atoms with Gasteiger partial charge in [-0.05, 0) is 35.4 Å². The largest absolute Gasteiger partial charge is 0.508 e. The summed E-state index contributed by atoms with van der Waals surface area (Å²) in [6.45, 7) is 0. The zero-order valence-corrected chi connectivity index (χ0v) is 12.7. The summed E-state index contributed by atoms with van der Waals surface area (Å²) in [5.74, 6) is -0.194. The fourth-order valence-corrected chi connectivity index (χ4v) is 2.90. The van der Waals surface area contributed by atoms with Crippen LogP contribution in [0.2, 0.25) is 0 Å². The second-order valence-electron chi connectivity index (χ2n) is 5.54. The number of hydrogen-bond acceptors (Lipinski definition) is 3. The third kappa shape index (κ3) is 2.34. The highest BCUT2D eigenvalue weighted by atomic mass is 16.3. The van der Waals surface area contributed by atoms with Crippen LogP contribution in [0.1, 0.15) is 21.5 Å². The maximum Gasteiger partial charge on any atom is 0.271 e. The van der Waals surface area contributed by atoms with Crippen molar-refractivity contribution in [3.05, 3.63) is 89.5 Å². The van der Waals surface area contributed by atoms with Gasteiger partial charge in [0.15, 0.2) is 0 Å². The van der Waals surface area contributed by atoms with Crippen molar-refractivity contribution in [2.45, 2.75) is 0 Å². The summed E-state index contributed by atoms with van der Waals surface area (Å²) < 4.78 is 0. The lowest BCUT2D eigenvalue weighted by atomic mass is 10.1. The molecule has 2 N–H and O–H groups in total. The molecule has 0 saturated carbocycles. The molecule has 1 amide bonds. The quantitative estimate of drug-likeness (QED) is 0.556. The van der Waals surface area contributed by atoms with E-state index in [-0.39, 0.29) is 11.7 Å². The molecule has 0 aliphatic heterocycles. The number of nitrogens with one attached hydrogen (secondary N) is 1. The fraction of sp³-hybridized carbons (Fsp3) is 0. The number of benzene rings is 3. The first-order chi connectivity index (χ1) is 11.7. The van der Waals surface area contributed by atoms with Crippen LogP contribution >= 0.6 is 0 Å². The van der Waals surface area contributed by atoms with Crippen molar-refractivity contribution in [1.29, 1.82) is 0 Å². The van der Waals surface area contributed by atoms with E-state index in [2.05, 4.69) is 22.7 Å². The Bertz CT molecular complexity index is 912. The SMILES string of the molecule is O=C(NN=C1c2ccccc2-c2ccccc21)c1ccc(O)cc1. The number of carbonyl (C=O) groups is 1. The van der Waals surface area contributed by atoms with Crippen LogP contribution in [-0.4, -0.2) is 16.7 Å². The average Bonchev–Trinajstić information content (AvgIpc) is 2.94. The topological polar surface area (TPSA) is 61.7 Å². The molecule has 0 saturated heterocycles. The van der Waals surface area contributed by atoms with Gasteiger partial charge in [-0.3, -0.25) is 4.79 Å². The van der Waals surface area contributed by atoms with Gasteiger partial charge >= 0.3 is 0 Å². The zero-order chi connectivity index (χ0) is 16.5. The van der Waals surface area contributed by atoms with Crippen molar-refractivity contribution in [3.8, 4) is 16.9 Å². The van der Waals surface area contributed by atoms with Crippen molar-refractivity contribution in [3.63, 3.8) is 0 Å². The Hall–Kier alpha value is -3.40. The van der Waals surface area contributed by atoms with Gasteiger partial charge in [-0.2, -0.15) is 5.10 Å². The van der Waals surface area contributed by atoms with E-state index < -0.39 is 0 Å². The molecule has 4 heteroatoms. The Balaban J connectivity index is 1.70. The van der Waals surface area contributed by atoms with E-state index in [4.69, 9.17) is 0 Å². The predicted molar refractivity (Wildman–Crippen MR) is 93.1 cm³/mol. The number of fused-ring (bicyclic) bond motifs is 3. The number of nitrogens with zero attached hydrogens (tertiary/aromatic N) is 1. The summed E-state index contributed by atoms with van der Waals surface area (Å²) in [6, 6.07) is 22.1. The number of phenolic OH excluding ortho intramolecular Hbond substituents is 1. The Kier molecular flexibility index (Phi) is 3.35. The number of rotatable bonds is 2. The van der Waals surface area contributed by atoms with Gasteiger partial charge in [0.2, 0.25) is 0 Å². The number of amides is 1. The Morgan fingerprint density at radius 3 is 1.79 bits per heavy atom. The van der Waals surface area contributed by atoms with Crippen molar-refractivity contribution >= 4 is 11.6 Å². The molecule has 116 valence electrons. The second kappa shape index (κ2) is 5.66. The molecule has 1 aliphatic rings. The maximum absolute atomic E-state index is 12.2. The third-order valence-corrected chi connectivity index (χ3v) is 4.05. The molecule has 3 aromatic rings. The first kappa shape index (κ1) is 14.2. The molecular weight excluding hydrogens is 300 g/mol. The number of hydrazone groups is 1. The normalized spacial score (nSPS) is 11.6. The highest BCUT2D eigenvalue weighted by Crippen LogP contribution is 2.36. The van der Waals surface area contributed by atoms with Crippen LogP contribution in [0.25, 0.3) is 11.1 Å². The average molecular weight is 314 g/mol. The zero-order valence-electron chi connectivity index (χ0n) is 12.7. The molecule has 1 aliphatic carbocycles. The summed E-state index contributed by atoms with van der Waals surface area (Å²) in [5.41, 5.74) is 8.05. The lowest BCUT2D eigenvalue weighted by molar-refractivity contribution is 0.0955.